The average molecular weight is 281 g/mol. The van der Waals surface area contributed by atoms with E-state index in [-0.39, 0.29) is 0 Å². The molecule has 0 amide bonds. The summed E-state index contributed by atoms with van der Waals surface area (Å²) in [5.74, 6) is 1.99. The van der Waals surface area contributed by atoms with E-state index in [4.69, 9.17) is 0 Å². The van der Waals surface area contributed by atoms with E-state index in [0.717, 1.165) is 5.92 Å². The molecule has 0 aliphatic carbocycles. The Morgan fingerprint density at radius 3 is 2.14 bits per heavy atom. The zero-order valence-electron chi connectivity index (χ0n) is 13.5. The summed E-state index contributed by atoms with van der Waals surface area (Å²) in [4.78, 5) is 4.13. The van der Waals surface area contributed by atoms with Gasteiger partial charge in [0.1, 0.15) is 0 Å². The summed E-state index contributed by atoms with van der Waals surface area (Å²) in [7, 11) is 0. The molecule has 0 fully saturated rings. The Labute approximate surface area is 129 Å². The van der Waals surface area contributed by atoms with Crippen molar-refractivity contribution in [1.82, 2.24) is 4.98 Å². The summed E-state index contributed by atoms with van der Waals surface area (Å²) < 4.78 is 0. The highest BCUT2D eigenvalue weighted by Gasteiger charge is 2.18. The van der Waals surface area contributed by atoms with Gasteiger partial charge in [0, 0.05) is 12.4 Å². The van der Waals surface area contributed by atoms with Gasteiger partial charge in [0.05, 0.1) is 0 Å². The molecule has 1 aromatic heterocycles. The van der Waals surface area contributed by atoms with Crippen molar-refractivity contribution in [2.45, 2.75) is 51.9 Å². The molecule has 0 radical (unpaired) electrons. The normalized spacial score (nSPS) is 15.4. The number of pyridine rings is 1. The Balaban J connectivity index is 2.12. The molecule has 2 rings (SSSR count). The molecule has 21 heavy (non-hydrogen) atoms. The third kappa shape index (κ3) is 4.70. The lowest BCUT2D eigenvalue weighted by Gasteiger charge is -2.24. The summed E-state index contributed by atoms with van der Waals surface area (Å²) in [6.45, 7) is 6.99. The highest BCUT2D eigenvalue weighted by atomic mass is 14.6. The smallest absolute Gasteiger partial charge is 0.0270 e. The summed E-state index contributed by atoms with van der Waals surface area (Å²) in [5, 5.41) is 0. The van der Waals surface area contributed by atoms with Gasteiger partial charge in [0.15, 0.2) is 0 Å². The largest absolute Gasteiger partial charge is 0.265 e. The molecule has 1 aromatic carbocycles. The fraction of sp³-hybridized carbons (Fsp3) is 0.450. The van der Waals surface area contributed by atoms with E-state index >= 15 is 0 Å². The maximum Gasteiger partial charge on any atom is 0.0270 e. The van der Waals surface area contributed by atoms with Gasteiger partial charge in [-0.1, -0.05) is 57.5 Å². The van der Waals surface area contributed by atoms with Gasteiger partial charge < -0.3 is 0 Å². The minimum absolute atomic E-state index is 0.572. The van der Waals surface area contributed by atoms with E-state index in [2.05, 4.69) is 68.2 Å². The van der Waals surface area contributed by atoms with Crippen molar-refractivity contribution in [2.24, 2.45) is 5.92 Å². The number of aromatic nitrogens is 1. The monoisotopic (exact) mass is 281 g/mol. The van der Waals surface area contributed by atoms with Gasteiger partial charge in [0.2, 0.25) is 0 Å². The second-order valence-corrected chi connectivity index (χ2v) is 6.27. The molecule has 0 bridgehead atoms. The molecule has 3 atom stereocenters. The lowest BCUT2D eigenvalue weighted by atomic mass is 9.81. The van der Waals surface area contributed by atoms with Crippen molar-refractivity contribution in [3.05, 3.63) is 66.0 Å². The number of rotatable bonds is 7. The highest BCUT2D eigenvalue weighted by molar-refractivity contribution is 5.22. The fourth-order valence-corrected chi connectivity index (χ4v) is 3.00. The van der Waals surface area contributed by atoms with Gasteiger partial charge in [-0.3, -0.25) is 4.98 Å². The molecule has 1 nitrogen and oxygen atoms in total. The highest BCUT2D eigenvalue weighted by Crippen LogP contribution is 2.34. The molecule has 0 saturated heterocycles. The van der Waals surface area contributed by atoms with Crippen LogP contribution in [0.5, 0.6) is 0 Å². The average Bonchev–Trinajstić information content (AvgIpc) is 2.55. The summed E-state index contributed by atoms with van der Waals surface area (Å²) >= 11 is 0. The molecule has 0 aliphatic rings. The number of nitrogens with zero attached hydrogens (tertiary/aromatic N) is 1. The van der Waals surface area contributed by atoms with Crippen LogP contribution >= 0.6 is 0 Å². The van der Waals surface area contributed by atoms with Crippen LogP contribution in [0.1, 0.15) is 63.0 Å². The Morgan fingerprint density at radius 2 is 1.52 bits per heavy atom. The molecule has 2 aromatic rings. The van der Waals surface area contributed by atoms with Crippen LogP contribution in [0.3, 0.4) is 0 Å². The van der Waals surface area contributed by atoms with Crippen molar-refractivity contribution in [3.8, 4) is 0 Å². The third-order valence-corrected chi connectivity index (χ3v) is 4.57. The Hall–Kier alpha value is -1.63. The topological polar surface area (TPSA) is 12.9 Å². The van der Waals surface area contributed by atoms with Gasteiger partial charge >= 0.3 is 0 Å². The second-order valence-electron chi connectivity index (χ2n) is 6.27. The van der Waals surface area contributed by atoms with Crippen molar-refractivity contribution < 1.29 is 0 Å². The van der Waals surface area contributed by atoms with E-state index in [1.54, 1.807) is 0 Å². The zero-order chi connectivity index (χ0) is 15.1. The van der Waals surface area contributed by atoms with Gasteiger partial charge in [-0.05, 0) is 53.9 Å². The predicted octanol–water partition coefficient (Wildman–Crippen LogP) is 5.80. The van der Waals surface area contributed by atoms with Gasteiger partial charge in [-0.2, -0.15) is 0 Å². The molecule has 3 unspecified atom stereocenters. The Bertz CT molecular complexity index is 506. The maximum atomic E-state index is 4.13. The van der Waals surface area contributed by atoms with Crippen molar-refractivity contribution in [3.63, 3.8) is 0 Å². The summed E-state index contributed by atoms with van der Waals surface area (Å²) in [6.07, 6.45) is 7.54. The number of hydrogen-bond donors (Lipinski definition) is 0. The van der Waals surface area contributed by atoms with Crippen LogP contribution in [0.15, 0.2) is 54.9 Å². The Kier molecular flexibility index (Phi) is 5.98. The standard InChI is InChI=1S/C20H27N/c1-4-16(2)14-20(19-8-6-5-7-9-19)15-17(3)18-10-12-21-13-11-18/h5-13,16-17,20H,4,14-15H2,1-3H3. The maximum absolute atomic E-state index is 4.13. The van der Waals surface area contributed by atoms with E-state index in [1.807, 2.05) is 12.4 Å². The third-order valence-electron chi connectivity index (χ3n) is 4.57. The lowest BCUT2D eigenvalue weighted by Crippen LogP contribution is -2.08. The SMILES string of the molecule is CCC(C)CC(CC(C)c1ccncc1)c1ccccc1. The zero-order valence-corrected chi connectivity index (χ0v) is 13.5. The molecule has 112 valence electrons. The molecule has 0 aliphatic heterocycles. The van der Waals surface area contributed by atoms with E-state index in [9.17, 15) is 0 Å². The van der Waals surface area contributed by atoms with Gasteiger partial charge in [0.25, 0.3) is 0 Å². The van der Waals surface area contributed by atoms with Crippen LogP contribution in [0, 0.1) is 5.92 Å². The van der Waals surface area contributed by atoms with Crippen LogP contribution in [0.25, 0.3) is 0 Å². The first-order chi connectivity index (χ1) is 10.2. The molecule has 0 N–H and O–H groups in total. The van der Waals surface area contributed by atoms with Gasteiger partial charge in [-0.15, -0.1) is 0 Å². The molecule has 0 saturated carbocycles. The van der Waals surface area contributed by atoms with Crippen LogP contribution in [0.2, 0.25) is 0 Å². The van der Waals surface area contributed by atoms with Crippen LogP contribution in [-0.4, -0.2) is 4.98 Å². The lowest BCUT2D eigenvalue weighted by molar-refractivity contribution is 0.420. The quantitative estimate of drug-likeness (QED) is 0.625. The van der Waals surface area contributed by atoms with E-state index < -0.39 is 0 Å². The van der Waals surface area contributed by atoms with Crippen molar-refractivity contribution in [1.29, 1.82) is 0 Å². The van der Waals surface area contributed by atoms with Crippen LogP contribution < -0.4 is 0 Å². The van der Waals surface area contributed by atoms with Crippen molar-refractivity contribution >= 4 is 0 Å². The summed E-state index contributed by atoms with van der Waals surface area (Å²) in [6, 6.07) is 15.3. The van der Waals surface area contributed by atoms with E-state index in [0.29, 0.717) is 11.8 Å². The number of benzene rings is 1. The van der Waals surface area contributed by atoms with Crippen molar-refractivity contribution in [2.75, 3.05) is 0 Å². The molecular weight excluding hydrogens is 254 g/mol. The molecule has 0 spiro atoms. The first kappa shape index (κ1) is 15.8. The number of hydrogen-bond acceptors (Lipinski definition) is 1. The Morgan fingerprint density at radius 1 is 0.857 bits per heavy atom. The molecule has 1 heteroatoms. The van der Waals surface area contributed by atoms with Crippen LogP contribution in [-0.2, 0) is 0 Å². The van der Waals surface area contributed by atoms with Gasteiger partial charge in [-0.25, -0.2) is 0 Å². The van der Waals surface area contributed by atoms with E-state index in [1.165, 1.54) is 30.4 Å². The molecular formula is C20H27N. The summed E-state index contributed by atoms with van der Waals surface area (Å²) in [5.41, 5.74) is 2.88. The predicted molar refractivity (Wildman–Crippen MR) is 90.5 cm³/mol. The minimum Gasteiger partial charge on any atom is -0.265 e. The van der Waals surface area contributed by atoms with Crippen LogP contribution in [0.4, 0.5) is 0 Å². The second kappa shape index (κ2) is 7.97. The minimum atomic E-state index is 0.572. The fourth-order valence-electron chi connectivity index (χ4n) is 3.00. The first-order valence-electron chi connectivity index (χ1n) is 8.15. The first-order valence-corrected chi connectivity index (χ1v) is 8.15. The molecule has 1 heterocycles.